The van der Waals surface area contributed by atoms with Crippen molar-refractivity contribution in [2.75, 3.05) is 26.2 Å². The van der Waals surface area contributed by atoms with Crippen LogP contribution in [-0.4, -0.2) is 61.8 Å². The van der Waals surface area contributed by atoms with Gasteiger partial charge < -0.3 is 0 Å². The number of nitrogens with zero attached hydrogens (tertiary/aromatic N) is 6. The van der Waals surface area contributed by atoms with Gasteiger partial charge in [-0.2, -0.15) is 0 Å². The number of unbranched alkanes of at least 4 members (excludes halogenated alkanes) is 2. The van der Waals surface area contributed by atoms with Crippen LogP contribution in [0.5, 0.6) is 0 Å². The number of fused-ring (bicyclic) bond motifs is 1. The van der Waals surface area contributed by atoms with Gasteiger partial charge >= 0.3 is 6.02 Å². The van der Waals surface area contributed by atoms with Gasteiger partial charge in [0.25, 0.3) is 0 Å². The van der Waals surface area contributed by atoms with Crippen molar-refractivity contribution in [3.8, 4) is 0 Å². The van der Waals surface area contributed by atoms with E-state index in [9.17, 15) is 0 Å². The molecule has 0 unspecified atom stereocenters. The van der Waals surface area contributed by atoms with Crippen LogP contribution in [0.25, 0.3) is 11.2 Å². The smallest absolute Gasteiger partial charge is 0.278 e. The van der Waals surface area contributed by atoms with Gasteiger partial charge in [-0.05, 0) is 44.0 Å². The number of rotatable bonds is 9. The maximum absolute atomic E-state index is 6.24. The Kier molecular flexibility index (Phi) is 7.63. The van der Waals surface area contributed by atoms with Crippen molar-refractivity contribution >= 4 is 17.2 Å². The number of hydrogen-bond acceptors (Lipinski definition) is 4. The molecule has 0 aliphatic rings. The summed E-state index contributed by atoms with van der Waals surface area (Å²) in [5, 5.41) is 8.23. The minimum atomic E-state index is 0.593. The Morgan fingerprint density at radius 3 is 2.40 bits per heavy atom. The first-order valence-electron chi connectivity index (χ1n) is 9.46. The van der Waals surface area contributed by atoms with Crippen LogP contribution in [-0.2, 0) is 0 Å². The molecule has 0 bridgehead atoms. The lowest BCUT2D eigenvalue weighted by molar-refractivity contribution is -0.542. The second-order valence-electron chi connectivity index (χ2n) is 6.05. The molecule has 0 saturated carbocycles. The van der Waals surface area contributed by atoms with Crippen molar-refractivity contribution in [2.45, 2.75) is 53.4 Å². The first-order valence-corrected chi connectivity index (χ1v) is 9.46. The highest BCUT2D eigenvalue weighted by atomic mass is 16.7. The quantitative estimate of drug-likeness (QED) is 0.396. The SMILES string of the molecule is CCCC[N+](CCCC)=C(On1nnc2ncccc21)N(CC)CC. The van der Waals surface area contributed by atoms with E-state index < -0.39 is 0 Å². The van der Waals surface area contributed by atoms with Gasteiger partial charge in [-0.1, -0.05) is 31.5 Å². The lowest BCUT2D eigenvalue weighted by Gasteiger charge is -2.19. The molecule has 2 heterocycles. The van der Waals surface area contributed by atoms with E-state index in [0.29, 0.717) is 5.65 Å². The first kappa shape index (κ1) is 19.1. The lowest BCUT2D eigenvalue weighted by atomic mass is 10.3. The average Bonchev–Trinajstić information content (AvgIpc) is 3.05. The van der Waals surface area contributed by atoms with Gasteiger partial charge in [0.15, 0.2) is 5.52 Å². The van der Waals surface area contributed by atoms with E-state index in [-0.39, 0.29) is 0 Å². The molecule has 2 aromatic rings. The molecule has 25 heavy (non-hydrogen) atoms. The molecular weight excluding hydrogens is 316 g/mol. The predicted molar refractivity (Wildman–Crippen MR) is 99.6 cm³/mol. The van der Waals surface area contributed by atoms with Gasteiger partial charge in [-0.15, -0.1) is 5.10 Å². The second kappa shape index (κ2) is 9.96. The summed E-state index contributed by atoms with van der Waals surface area (Å²) in [6, 6.07) is 4.64. The Morgan fingerprint density at radius 1 is 1.12 bits per heavy atom. The molecule has 0 amide bonds. The highest BCUT2D eigenvalue weighted by molar-refractivity contribution is 5.72. The van der Waals surface area contributed by atoms with Crippen LogP contribution in [0.1, 0.15) is 53.4 Å². The fraction of sp³-hybridized carbons (Fsp3) is 0.667. The third kappa shape index (κ3) is 4.90. The second-order valence-corrected chi connectivity index (χ2v) is 6.05. The molecule has 2 aromatic heterocycles. The van der Waals surface area contributed by atoms with Crippen molar-refractivity contribution in [1.82, 2.24) is 25.0 Å². The summed E-state index contributed by atoms with van der Waals surface area (Å²) < 4.78 is 2.34. The van der Waals surface area contributed by atoms with Crippen LogP contribution in [0.15, 0.2) is 18.3 Å². The molecule has 0 atom stereocenters. The Balaban J connectivity index is 2.40. The van der Waals surface area contributed by atoms with Crippen LogP contribution in [0, 0.1) is 0 Å². The summed E-state index contributed by atoms with van der Waals surface area (Å²) in [5.74, 6) is 0. The summed E-state index contributed by atoms with van der Waals surface area (Å²) in [4.78, 5) is 14.2. The zero-order chi connectivity index (χ0) is 18.1. The number of pyridine rings is 1. The Hall–Kier alpha value is -2.18. The maximum Gasteiger partial charge on any atom is 0.472 e. The van der Waals surface area contributed by atoms with Crippen molar-refractivity contribution in [1.29, 1.82) is 0 Å². The highest BCUT2D eigenvalue weighted by Gasteiger charge is 2.25. The summed E-state index contributed by atoms with van der Waals surface area (Å²) >= 11 is 0. The van der Waals surface area contributed by atoms with Crippen molar-refractivity contribution < 1.29 is 9.41 Å². The highest BCUT2D eigenvalue weighted by Crippen LogP contribution is 2.06. The predicted octanol–water partition coefficient (Wildman–Crippen LogP) is 2.57. The van der Waals surface area contributed by atoms with E-state index in [1.165, 1.54) is 4.85 Å². The molecule has 138 valence electrons. The van der Waals surface area contributed by atoms with E-state index in [1.807, 2.05) is 12.1 Å². The third-order valence-corrected chi connectivity index (χ3v) is 4.23. The monoisotopic (exact) mass is 347 g/mol. The number of aromatic nitrogens is 4. The normalized spacial score (nSPS) is 10.9. The molecule has 0 aliphatic heterocycles. The molecule has 0 radical (unpaired) electrons. The first-order chi connectivity index (χ1) is 12.2. The molecule has 0 N–H and O–H groups in total. The van der Waals surface area contributed by atoms with E-state index >= 15 is 0 Å². The molecule has 0 aliphatic carbocycles. The van der Waals surface area contributed by atoms with Crippen LogP contribution < -0.4 is 4.84 Å². The van der Waals surface area contributed by atoms with Crippen LogP contribution >= 0.6 is 0 Å². The largest absolute Gasteiger partial charge is 0.472 e. The van der Waals surface area contributed by atoms with Crippen LogP contribution in [0.4, 0.5) is 0 Å². The van der Waals surface area contributed by atoms with E-state index in [1.54, 1.807) is 6.20 Å². The Bertz CT molecular complexity index is 667. The van der Waals surface area contributed by atoms with E-state index in [2.05, 4.69) is 52.5 Å². The molecule has 0 aromatic carbocycles. The molecule has 7 heteroatoms. The van der Waals surface area contributed by atoms with E-state index in [4.69, 9.17) is 4.84 Å². The maximum atomic E-state index is 6.24. The average molecular weight is 347 g/mol. The van der Waals surface area contributed by atoms with Crippen molar-refractivity contribution in [3.63, 3.8) is 0 Å². The summed E-state index contributed by atoms with van der Waals surface area (Å²) in [6.45, 7) is 12.4. The van der Waals surface area contributed by atoms with Crippen molar-refractivity contribution in [3.05, 3.63) is 18.3 Å². The molecular formula is C18H31N6O+. The Morgan fingerprint density at radius 2 is 1.80 bits per heavy atom. The number of hydrogen-bond donors (Lipinski definition) is 0. The molecule has 0 spiro atoms. The molecule has 7 nitrogen and oxygen atoms in total. The minimum absolute atomic E-state index is 0.593. The van der Waals surface area contributed by atoms with Gasteiger partial charge in [0.05, 0.1) is 26.2 Å². The third-order valence-electron chi connectivity index (χ3n) is 4.23. The van der Waals surface area contributed by atoms with Gasteiger partial charge in [0, 0.05) is 6.20 Å². The molecule has 0 saturated heterocycles. The van der Waals surface area contributed by atoms with Crippen LogP contribution in [0.3, 0.4) is 0 Å². The zero-order valence-electron chi connectivity index (χ0n) is 16.0. The van der Waals surface area contributed by atoms with Gasteiger partial charge in [0.1, 0.15) is 0 Å². The molecule has 0 fully saturated rings. The zero-order valence-corrected chi connectivity index (χ0v) is 16.0. The standard InChI is InChI=1S/C18H31N6O/c1-5-9-14-23(15-10-6-2)18(22(7-3)8-4)25-24-16-12-11-13-19-17(16)20-21-24/h11-13H,5-10,14-15H2,1-4H3/q+1. The summed E-state index contributed by atoms with van der Waals surface area (Å²) in [7, 11) is 0. The summed E-state index contributed by atoms with van der Waals surface area (Å²) in [5.41, 5.74) is 1.37. The minimum Gasteiger partial charge on any atom is -0.278 e. The Labute approximate surface area is 150 Å². The van der Waals surface area contributed by atoms with Crippen LogP contribution in [0.2, 0.25) is 0 Å². The van der Waals surface area contributed by atoms with Gasteiger partial charge in [-0.25, -0.2) is 14.5 Å². The fourth-order valence-electron chi connectivity index (χ4n) is 2.70. The van der Waals surface area contributed by atoms with Gasteiger partial charge in [0.2, 0.25) is 5.65 Å². The lowest BCUT2D eigenvalue weighted by Crippen LogP contribution is -2.45. The topological polar surface area (TPSA) is 59.1 Å². The fourth-order valence-corrected chi connectivity index (χ4v) is 2.70. The van der Waals surface area contributed by atoms with E-state index in [0.717, 1.165) is 63.4 Å². The van der Waals surface area contributed by atoms with Gasteiger partial charge in [-0.3, -0.25) is 4.84 Å². The number of amidine groups is 1. The summed E-state index contributed by atoms with van der Waals surface area (Å²) in [6.07, 6.45) is 6.30. The van der Waals surface area contributed by atoms with Crippen molar-refractivity contribution in [2.24, 2.45) is 0 Å². The molecule has 2 rings (SSSR count).